The van der Waals surface area contributed by atoms with Crippen molar-refractivity contribution in [2.75, 3.05) is 13.2 Å². The molecule has 1 saturated heterocycles. The van der Waals surface area contributed by atoms with Crippen molar-refractivity contribution in [2.45, 2.75) is 372 Å². The maximum Gasteiger partial charge on any atom is 0.306 e. The maximum absolute atomic E-state index is 13.5. The van der Waals surface area contributed by atoms with Gasteiger partial charge in [-0.15, -0.1) is 0 Å². The molecule has 0 radical (unpaired) electrons. The van der Waals surface area contributed by atoms with Crippen LogP contribution in [0.4, 0.5) is 0 Å². The van der Waals surface area contributed by atoms with E-state index < -0.39 is 67.4 Å². The summed E-state index contributed by atoms with van der Waals surface area (Å²) in [5.41, 5.74) is 0. The van der Waals surface area contributed by atoms with Crippen LogP contribution in [0.1, 0.15) is 323 Å². The molecule has 0 spiro atoms. The van der Waals surface area contributed by atoms with Gasteiger partial charge >= 0.3 is 5.97 Å². The van der Waals surface area contributed by atoms with Gasteiger partial charge in [0.15, 0.2) is 12.4 Å². The Hall–Kier alpha value is -2.38. The lowest BCUT2D eigenvalue weighted by molar-refractivity contribution is -0.305. The molecule has 1 fully saturated rings. The van der Waals surface area contributed by atoms with Gasteiger partial charge in [0, 0.05) is 6.42 Å². The summed E-state index contributed by atoms with van der Waals surface area (Å²) in [5, 5.41) is 57.2. The molecule has 0 aliphatic carbocycles. The van der Waals surface area contributed by atoms with Gasteiger partial charge in [-0.3, -0.25) is 9.59 Å². The number of carbonyl (C=O) groups is 2. The minimum Gasteiger partial charge on any atom is -0.454 e. The number of hydrogen-bond donors (Lipinski definition) is 6. The number of carbonyl (C=O) groups excluding carboxylic acids is 2. The Morgan fingerprint density at radius 2 is 0.889 bits per heavy atom. The van der Waals surface area contributed by atoms with Crippen LogP contribution in [-0.2, 0) is 23.8 Å². The molecule has 1 aliphatic rings. The summed E-state index contributed by atoms with van der Waals surface area (Å²) in [6, 6.07) is -1.02. The molecule has 8 atom stereocenters. The third kappa shape index (κ3) is 45.6. The van der Waals surface area contributed by atoms with E-state index in [0.29, 0.717) is 19.3 Å². The fourth-order valence-corrected chi connectivity index (χ4v) is 10.9. The molecular formula is C70H129NO10. The van der Waals surface area contributed by atoms with Gasteiger partial charge in [0.25, 0.3) is 0 Å². The summed E-state index contributed by atoms with van der Waals surface area (Å²) in [6.45, 7) is 5.70. The summed E-state index contributed by atoms with van der Waals surface area (Å²) in [7, 11) is 0. The Morgan fingerprint density at radius 3 is 1.32 bits per heavy atom. The third-order valence-corrected chi connectivity index (χ3v) is 16.3. The maximum atomic E-state index is 13.5. The van der Waals surface area contributed by atoms with Crippen molar-refractivity contribution in [1.29, 1.82) is 0 Å². The predicted molar refractivity (Wildman–Crippen MR) is 338 cm³/mol. The lowest BCUT2D eigenvalue weighted by Crippen LogP contribution is -2.61. The summed E-state index contributed by atoms with van der Waals surface area (Å²) >= 11 is 0. The van der Waals surface area contributed by atoms with Crippen molar-refractivity contribution in [2.24, 2.45) is 0 Å². The van der Waals surface area contributed by atoms with E-state index in [1.54, 1.807) is 6.08 Å². The monoisotopic (exact) mass is 1140 g/mol. The first kappa shape index (κ1) is 76.6. The molecule has 1 amide bonds. The second-order valence-corrected chi connectivity index (χ2v) is 24.0. The summed E-state index contributed by atoms with van der Waals surface area (Å²) in [5.74, 6) is -1.20. The Balaban J connectivity index is 2.59. The highest BCUT2D eigenvalue weighted by molar-refractivity contribution is 5.80. The van der Waals surface area contributed by atoms with Crippen molar-refractivity contribution in [3.05, 3.63) is 48.6 Å². The Labute approximate surface area is 497 Å². The molecule has 1 aliphatic heterocycles. The zero-order valence-corrected chi connectivity index (χ0v) is 52.7. The number of aliphatic hydroxyl groups is 5. The highest BCUT2D eigenvalue weighted by Crippen LogP contribution is 2.26. The number of ether oxygens (including phenoxy) is 3. The van der Waals surface area contributed by atoms with E-state index in [4.69, 9.17) is 14.2 Å². The molecular weight excluding hydrogens is 1010 g/mol. The van der Waals surface area contributed by atoms with Crippen LogP contribution >= 0.6 is 0 Å². The van der Waals surface area contributed by atoms with Crippen LogP contribution in [-0.4, -0.2) is 99.6 Å². The molecule has 1 rings (SSSR count). The molecule has 0 aromatic heterocycles. The zero-order valence-electron chi connectivity index (χ0n) is 52.7. The molecule has 6 N–H and O–H groups in total. The number of nitrogens with one attached hydrogen (secondary N) is 1. The van der Waals surface area contributed by atoms with Crippen molar-refractivity contribution < 1.29 is 49.3 Å². The van der Waals surface area contributed by atoms with Crippen LogP contribution in [0.2, 0.25) is 0 Å². The molecule has 0 aromatic rings. The Bertz CT molecular complexity index is 1500. The van der Waals surface area contributed by atoms with Gasteiger partial charge in [0.05, 0.1) is 25.4 Å². The SMILES string of the molecule is CC/C=C/C=C/C=C/CCCCCCCCCC(=O)OC1C(OCC(NC(=O)C(O)CCCCCCCCCCCCCCCCCCCCCCCCCC)C(O)/C=C/CCCCCCCCCCCCC)OC(CO)C(O)C1O. The number of aliphatic hydroxyl groups excluding tert-OH is 5. The van der Waals surface area contributed by atoms with E-state index in [1.807, 2.05) is 12.2 Å². The van der Waals surface area contributed by atoms with Crippen LogP contribution in [0.15, 0.2) is 48.6 Å². The Morgan fingerprint density at radius 1 is 0.494 bits per heavy atom. The van der Waals surface area contributed by atoms with Gasteiger partial charge in [0.1, 0.15) is 24.4 Å². The lowest BCUT2D eigenvalue weighted by atomic mass is 9.99. The Kier molecular flexibility index (Phi) is 54.9. The van der Waals surface area contributed by atoms with Gasteiger partial charge in [-0.2, -0.15) is 0 Å². The predicted octanol–water partition coefficient (Wildman–Crippen LogP) is 17.2. The number of unbranched alkanes of at least 4 members (excludes halogenated alkanes) is 41. The normalized spacial score (nSPS) is 18.9. The average Bonchev–Trinajstić information content (AvgIpc) is 3.53. The van der Waals surface area contributed by atoms with Crippen LogP contribution in [0, 0.1) is 0 Å². The quantitative estimate of drug-likeness (QED) is 0.0149. The van der Waals surface area contributed by atoms with E-state index in [-0.39, 0.29) is 13.0 Å². The highest BCUT2D eigenvalue weighted by Gasteiger charge is 2.47. The molecule has 474 valence electrons. The van der Waals surface area contributed by atoms with Crippen molar-refractivity contribution in [3.63, 3.8) is 0 Å². The van der Waals surface area contributed by atoms with Crippen molar-refractivity contribution >= 4 is 11.9 Å². The zero-order chi connectivity index (χ0) is 58.9. The van der Waals surface area contributed by atoms with E-state index in [1.165, 1.54) is 186 Å². The minimum atomic E-state index is -1.62. The first-order chi connectivity index (χ1) is 39.7. The first-order valence-electron chi connectivity index (χ1n) is 34.4. The standard InChI is InChI=1S/C70H129NO10/c1-4-7-10-13-16-19-22-25-27-28-29-30-31-32-33-34-35-37-39-42-45-48-51-54-57-63(74)69(78)71-61(62(73)56-53-50-47-44-41-38-24-21-18-15-12-9-6-3)60-79-70-68(67(77)66(76)64(59-72)80-70)81-65(75)58-55-52-49-46-43-40-36-26-23-20-17-14-11-8-5-2/h8,11,14,17,20,23,53,56,61-64,66-68,70,72-74,76-77H,4-7,9-10,12-13,15-16,18-19,21-22,24-52,54-55,57-60H2,1-3H3,(H,71,78)/b11-8+,17-14+,23-20+,56-53+. The molecule has 11 heteroatoms. The largest absolute Gasteiger partial charge is 0.454 e. The van der Waals surface area contributed by atoms with E-state index in [2.05, 4.69) is 56.5 Å². The summed E-state index contributed by atoms with van der Waals surface area (Å²) < 4.78 is 17.7. The number of amides is 1. The molecule has 81 heavy (non-hydrogen) atoms. The highest BCUT2D eigenvalue weighted by atomic mass is 16.7. The molecule has 0 saturated carbocycles. The van der Waals surface area contributed by atoms with Gasteiger partial charge in [-0.05, 0) is 44.9 Å². The van der Waals surface area contributed by atoms with E-state index in [9.17, 15) is 35.1 Å². The number of hydrogen-bond acceptors (Lipinski definition) is 10. The number of esters is 1. The molecule has 0 bridgehead atoms. The topological polar surface area (TPSA) is 175 Å². The average molecular weight is 1140 g/mol. The van der Waals surface area contributed by atoms with Crippen LogP contribution in [0.3, 0.4) is 0 Å². The third-order valence-electron chi connectivity index (χ3n) is 16.3. The minimum absolute atomic E-state index is 0.111. The van der Waals surface area contributed by atoms with E-state index >= 15 is 0 Å². The van der Waals surface area contributed by atoms with Crippen molar-refractivity contribution in [1.82, 2.24) is 5.32 Å². The second-order valence-electron chi connectivity index (χ2n) is 24.0. The smallest absolute Gasteiger partial charge is 0.306 e. The van der Waals surface area contributed by atoms with Crippen LogP contribution in [0.25, 0.3) is 0 Å². The number of allylic oxidation sites excluding steroid dienone is 7. The molecule has 11 nitrogen and oxygen atoms in total. The fourth-order valence-electron chi connectivity index (χ4n) is 10.9. The first-order valence-corrected chi connectivity index (χ1v) is 34.4. The fraction of sp³-hybridized carbons (Fsp3) is 0.857. The molecule has 0 aromatic carbocycles. The van der Waals surface area contributed by atoms with Crippen LogP contribution < -0.4 is 5.32 Å². The van der Waals surface area contributed by atoms with E-state index in [0.717, 1.165) is 89.9 Å². The van der Waals surface area contributed by atoms with Gasteiger partial charge < -0.3 is 45.1 Å². The molecule has 1 heterocycles. The summed E-state index contributed by atoms with van der Waals surface area (Å²) in [6.07, 6.45) is 61.6. The molecule has 8 unspecified atom stereocenters. The lowest BCUT2D eigenvalue weighted by Gasteiger charge is -2.41. The van der Waals surface area contributed by atoms with Crippen molar-refractivity contribution in [3.8, 4) is 0 Å². The van der Waals surface area contributed by atoms with Gasteiger partial charge in [-0.1, -0.05) is 320 Å². The van der Waals surface area contributed by atoms with Gasteiger partial charge in [0.2, 0.25) is 5.91 Å². The summed E-state index contributed by atoms with van der Waals surface area (Å²) in [4.78, 5) is 26.6. The van der Waals surface area contributed by atoms with Crippen LogP contribution in [0.5, 0.6) is 0 Å². The van der Waals surface area contributed by atoms with Gasteiger partial charge in [-0.25, -0.2) is 0 Å². The second kappa shape index (κ2) is 58.0. The number of rotatable bonds is 59.